The first kappa shape index (κ1) is 21.4. The van der Waals surface area contributed by atoms with Gasteiger partial charge in [-0.2, -0.15) is 0 Å². The minimum Gasteiger partial charge on any atom is -0.492 e. The third-order valence-electron chi connectivity index (χ3n) is 3.94. The molecule has 2 heterocycles. The molecule has 1 aliphatic rings. The molecule has 1 fully saturated rings. The van der Waals surface area contributed by atoms with E-state index in [0.717, 1.165) is 0 Å². The Morgan fingerprint density at radius 1 is 1.04 bits per heavy atom. The van der Waals surface area contributed by atoms with Gasteiger partial charge in [-0.15, -0.1) is 0 Å². The van der Waals surface area contributed by atoms with Crippen LogP contribution in [0.1, 0.15) is 41.7 Å². The normalized spacial score (nSPS) is 15.2. The highest BCUT2D eigenvalue weighted by Gasteiger charge is 2.25. The standard InChI is InChI=1S/C18H25N3O7/c1-18(2,3)28-17(26)21-6-4-20(5-7-21)8-9-27-12-10-13(15(22)23)19-14(11-12)16(24)25/h10-11H,4-9H2,1-3H3,(H,22,23)(H,24,25). The summed E-state index contributed by atoms with van der Waals surface area (Å²) in [7, 11) is 0. The quantitative estimate of drug-likeness (QED) is 0.734. The minimum absolute atomic E-state index is 0.136. The van der Waals surface area contributed by atoms with E-state index in [4.69, 9.17) is 19.7 Å². The molecule has 1 aromatic heterocycles. The molecule has 2 N–H and O–H groups in total. The second-order valence-corrected chi connectivity index (χ2v) is 7.34. The summed E-state index contributed by atoms with van der Waals surface area (Å²) in [5.74, 6) is -2.52. The summed E-state index contributed by atoms with van der Waals surface area (Å²) in [5.41, 5.74) is -1.31. The Morgan fingerprint density at radius 3 is 2.04 bits per heavy atom. The molecule has 0 bridgehead atoms. The van der Waals surface area contributed by atoms with Crippen molar-refractivity contribution in [3.8, 4) is 5.75 Å². The first-order valence-corrected chi connectivity index (χ1v) is 8.87. The average Bonchev–Trinajstić information content (AvgIpc) is 2.60. The average molecular weight is 395 g/mol. The van der Waals surface area contributed by atoms with Crippen molar-refractivity contribution < 1.29 is 34.1 Å². The Morgan fingerprint density at radius 2 is 1.57 bits per heavy atom. The lowest BCUT2D eigenvalue weighted by Crippen LogP contribution is -2.50. The lowest BCUT2D eigenvalue weighted by Gasteiger charge is -2.35. The third kappa shape index (κ3) is 6.38. The Hall–Kier alpha value is -2.88. The Bertz CT molecular complexity index is 705. The number of pyridine rings is 1. The molecule has 2 rings (SSSR count). The van der Waals surface area contributed by atoms with Crippen LogP contribution in [0.25, 0.3) is 0 Å². The highest BCUT2D eigenvalue weighted by Crippen LogP contribution is 2.16. The van der Waals surface area contributed by atoms with E-state index < -0.39 is 17.5 Å². The van der Waals surface area contributed by atoms with Crippen LogP contribution < -0.4 is 4.74 Å². The minimum atomic E-state index is -1.33. The fourth-order valence-electron chi connectivity index (χ4n) is 2.58. The lowest BCUT2D eigenvalue weighted by molar-refractivity contribution is 0.0136. The molecule has 0 aromatic carbocycles. The van der Waals surface area contributed by atoms with Gasteiger partial charge in [-0.1, -0.05) is 0 Å². The van der Waals surface area contributed by atoms with Crippen LogP contribution >= 0.6 is 0 Å². The molecule has 1 saturated heterocycles. The molecule has 1 aromatic rings. The smallest absolute Gasteiger partial charge is 0.410 e. The molecule has 1 amide bonds. The number of carboxylic acids is 2. The third-order valence-corrected chi connectivity index (χ3v) is 3.94. The number of hydrogen-bond acceptors (Lipinski definition) is 7. The van der Waals surface area contributed by atoms with Crippen molar-refractivity contribution >= 4 is 18.0 Å². The van der Waals surface area contributed by atoms with Crippen molar-refractivity contribution in [3.05, 3.63) is 23.5 Å². The number of nitrogens with zero attached hydrogens (tertiary/aromatic N) is 3. The molecule has 0 spiro atoms. The fraction of sp³-hybridized carbons (Fsp3) is 0.556. The van der Waals surface area contributed by atoms with Gasteiger partial charge in [0.05, 0.1) is 0 Å². The highest BCUT2D eigenvalue weighted by atomic mass is 16.6. The molecule has 10 heteroatoms. The van der Waals surface area contributed by atoms with E-state index in [-0.39, 0.29) is 29.8 Å². The second kappa shape index (κ2) is 8.87. The highest BCUT2D eigenvalue weighted by molar-refractivity contribution is 5.90. The molecule has 10 nitrogen and oxygen atoms in total. The van der Waals surface area contributed by atoms with E-state index in [1.165, 1.54) is 12.1 Å². The van der Waals surface area contributed by atoms with E-state index in [9.17, 15) is 14.4 Å². The summed E-state index contributed by atoms with van der Waals surface area (Å²) in [6, 6.07) is 2.38. The predicted molar refractivity (Wildman–Crippen MR) is 97.9 cm³/mol. The van der Waals surface area contributed by atoms with Gasteiger partial charge < -0.3 is 24.6 Å². The Kier molecular flexibility index (Phi) is 6.79. The summed E-state index contributed by atoms with van der Waals surface area (Å²) in [6.07, 6.45) is -0.331. The van der Waals surface area contributed by atoms with Gasteiger partial charge in [0.2, 0.25) is 0 Å². The summed E-state index contributed by atoms with van der Waals surface area (Å²) >= 11 is 0. The number of carboxylic acid groups (broad SMARTS) is 2. The number of rotatable bonds is 6. The molecular formula is C18H25N3O7. The van der Waals surface area contributed by atoms with Crippen LogP contribution in [0, 0.1) is 0 Å². The number of ether oxygens (including phenoxy) is 2. The summed E-state index contributed by atoms with van der Waals surface area (Å²) < 4.78 is 10.9. The van der Waals surface area contributed by atoms with Crippen LogP contribution in [0.5, 0.6) is 5.75 Å². The largest absolute Gasteiger partial charge is 0.492 e. The number of piperazine rings is 1. The van der Waals surface area contributed by atoms with Gasteiger partial charge in [-0.05, 0) is 20.8 Å². The first-order valence-electron chi connectivity index (χ1n) is 8.87. The summed E-state index contributed by atoms with van der Waals surface area (Å²) in [5, 5.41) is 18.0. The zero-order valence-corrected chi connectivity index (χ0v) is 16.2. The number of carbonyl (C=O) groups excluding carboxylic acids is 1. The summed E-state index contributed by atoms with van der Waals surface area (Å²) in [4.78, 5) is 41.5. The zero-order chi connectivity index (χ0) is 20.9. The van der Waals surface area contributed by atoms with E-state index >= 15 is 0 Å². The maximum Gasteiger partial charge on any atom is 0.410 e. The van der Waals surface area contributed by atoms with Gasteiger partial charge in [-0.3, -0.25) is 4.90 Å². The van der Waals surface area contributed by atoms with E-state index in [1.807, 2.05) is 20.8 Å². The van der Waals surface area contributed by atoms with Crippen molar-refractivity contribution in [3.63, 3.8) is 0 Å². The molecule has 28 heavy (non-hydrogen) atoms. The van der Waals surface area contributed by atoms with Crippen molar-refractivity contribution in [1.29, 1.82) is 0 Å². The molecule has 0 radical (unpaired) electrons. The maximum absolute atomic E-state index is 12.1. The first-order chi connectivity index (χ1) is 13.0. The Balaban J connectivity index is 1.83. The van der Waals surface area contributed by atoms with Crippen molar-refractivity contribution in [2.75, 3.05) is 39.3 Å². The molecule has 0 aliphatic carbocycles. The van der Waals surface area contributed by atoms with Gasteiger partial charge in [-0.25, -0.2) is 19.4 Å². The van der Waals surface area contributed by atoms with E-state index in [1.54, 1.807) is 4.90 Å². The number of aromatic carboxylic acids is 2. The van der Waals surface area contributed by atoms with Crippen LogP contribution in [-0.4, -0.2) is 88.0 Å². The predicted octanol–water partition coefficient (Wildman–Crippen LogP) is 1.41. The van der Waals surface area contributed by atoms with Crippen LogP contribution in [0.4, 0.5) is 4.79 Å². The van der Waals surface area contributed by atoms with Crippen molar-refractivity contribution in [1.82, 2.24) is 14.8 Å². The maximum atomic E-state index is 12.1. The fourth-order valence-corrected chi connectivity index (χ4v) is 2.58. The molecule has 154 valence electrons. The molecule has 1 aliphatic heterocycles. The lowest BCUT2D eigenvalue weighted by atomic mass is 10.2. The zero-order valence-electron chi connectivity index (χ0n) is 16.2. The van der Waals surface area contributed by atoms with Crippen LogP contribution in [0.2, 0.25) is 0 Å². The number of carbonyl (C=O) groups is 3. The van der Waals surface area contributed by atoms with Crippen LogP contribution in [0.15, 0.2) is 12.1 Å². The van der Waals surface area contributed by atoms with Crippen LogP contribution in [0.3, 0.4) is 0 Å². The van der Waals surface area contributed by atoms with Gasteiger partial charge in [0.15, 0.2) is 11.4 Å². The number of amides is 1. The van der Waals surface area contributed by atoms with Gasteiger partial charge in [0.1, 0.15) is 18.0 Å². The second-order valence-electron chi connectivity index (χ2n) is 7.34. The van der Waals surface area contributed by atoms with Gasteiger partial charge >= 0.3 is 18.0 Å². The van der Waals surface area contributed by atoms with E-state index in [2.05, 4.69) is 9.88 Å². The number of hydrogen-bond donors (Lipinski definition) is 2. The van der Waals surface area contributed by atoms with Crippen molar-refractivity contribution in [2.24, 2.45) is 0 Å². The van der Waals surface area contributed by atoms with Gasteiger partial charge in [0.25, 0.3) is 0 Å². The molecular weight excluding hydrogens is 370 g/mol. The topological polar surface area (TPSA) is 130 Å². The molecule has 0 unspecified atom stereocenters. The van der Waals surface area contributed by atoms with Gasteiger partial charge in [0, 0.05) is 44.9 Å². The van der Waals surface area contributed by atoms with Crippen molar-refractivity contribution in [2.45, 2.75) is 26.4 Å². The summed E-state index contributed by atoms with van der Waals surface area (Å²) in [6.45, 7) is 8.64. The number of aromatic nitrogens is 1. The van der Waals surface area contributed by atoms with E-state index in [0.29, 0.717) is 32.7 Å². The monoisotopic (exact) mass is 395 g/mol. The SMILES string of the molecule is CC(C)(C)OC(=O)N1CCN(CCOc2cc(C(=O)O)nc(C(=O)O)c2)CC1. The van der Waals surface area contributed by atoms with Crippen LogP contribution in [-0.2, 0) is 4.74 Å². The molecule has 0 saturated carbocycles. The Labute approximate surface area is 162 Å². The molecule has 0 atom stereocenters.